The third kappa shape index (κ3) is 1.55. The van der Waals surface area contributed by atoms with Gasteiger partial charge in [0.1, 0.15) is 12.0 Å². The number of rotatable bonds is 0. The fourth-order valence-electron chi connectivity index (χ4n) is 0.724. The Morgan fingerprint density at radius 1 is 1.67 bits per heavy atom. The largest absolute Gasteiger partial charge is 0.241 e. The van der Waals surface area contributed by atoms with Crippen LogP contribution in [0.1, 0.15) is 12.8 Å². The van der Waals surface area contributed by atoms with E-state index in [1.165, 1.54) is 0 Å². The minimum atomic E-state index is -1.10. The third-order valence-corrected chi connectivity index (χ3v) is 1.62. The van der Waals surface area contributed by atoms with Crippen molar-refractivity contribution in [2.75, 3.05) is 0 Å². The maximum Gasteiger partial charge on any atom is 0.136 e. The Bertz CT molecular complexity index is 162. The molecular formula is C6H6F2S. The van der Waals surface area contributed by atoms with Crippen molar-refractivity contribution in [1.82, 2.24) is 0 Å². The van der Waals surface area contributed by atoms with Crippen LogP contribution in [0.4, 0.5) is 8.78 Å². The third-order valence-electron chi connectivity index (χ3n) is 1.24. The zero-order valence-electron chi connectivity index (χ0n) is 4.73. The molecular weight excluding hydrogens is 142 g/mol. The van der Waals surface area contributed by atoms with Gasteiger partial charge in [-0.15, -0.1) is 0 Å². The summed E-state index contributed by atoms with van der Waals surface area (Å²) in [6.45, 7) is 0. The van der Waals surface area contributed by atoms with E-state index in [4.69, 9.17) is 0 Å². The van der Waals surface area contributed by atoms with Crippen molar-refractivity contribution in [2.45, 2.75) is 19.0 Å². The predicted octanol–water partition coefficient (Wildman–Crippen LogP) is 2.34. The Morgan fingerprint density at radius 2 is 2.33 bits per heavy atom. The topological polar surface area (TPSA) is 0 Å². The number of hydrogen-bond donors (Lipinski definition) is 0. The smallest absolute Gasteiger partial charge is 0.136 e. The molecule has 0 nitrogen and oxygen atoms in total. The summed E-state index contributed by atoms with van der Waals surface area (Å²) < 4.78 is 24.6. The van der Waals surface area contributed by atoms with Crippen molar-refractivity contribution < 1.29 is 8.78 Å². The average Bonchev–Trinajstić information content (AvgIpc) is 1.80. The standard InChI is InChI=1S/C6H6F2S/c7-4-1-2-5(8)6(9)3-4/h3,5H,1-2H2. The van der Waals surface area contributed by atoms with Crippen LogP contribution < -0.4 is 0 Å². The molecule has 0 aromatic carbocycles. The maximum atomic E-state index is 12.4. The van der Waals surface area contributed by atoms with E-state index in [-0.39, 0.29) is 23.5 Å². The van der Waals surface area contributed by atoms with E-state index in [9.17, 15) is 8.78 Å². The Balaban J connectivity index is 2.70. The number of allylic oxidation sites excluding steroid dienone is 2. The van der Waals surface area contributed by atoms with E-state index in [1.54, 1.807) is 0 Å². The zero-order valence-corrected chi connectivity index (χ0v) is 5.55. The minimum Gasteiger partial charge on any atom is -0.241 e. The summed E-state index contributed by atoms with van der Waals surface area (Å²) in [6, 6.07) is 0. The van der Waals surface area contributed by atoms with Gasteiger partial charge in [0.2, 0.25) is 0 Å². The van der Waals surface area contributed by atoms with Gasteiger partial charge in [-0.05, 0) is 12.5 Å². The van der Waals surface area contributed by atoms with E-state index in [0.717, 1.165) is 6.08 Å². The first kappa shape index (κ1) is 6.81. The Labute approximate surface area is 57.6 Å². The second-order valence-corrected chi connectivity index (χ2v) is 2.47. The molecule has 0 fully saturated rings. The summed E-state index contributed by atoms with van der Waals surface area (Å²) in [5, 5.41) is 0. The Morgan fingerprint density at radius 3 is 2.78 bits per heavy atom. The van der Waals surface area contributed by atoms with Crippen LogP contribution in [0.2, 0.25) is 0 Å². The van der Waals surface area contributed by atoms with Crippen LogP contribution >= 0.6 is 12.2 Å². The fraction of sp³-hybridized carbons (Fsp3) is 0.500. The van der Waals surface area contributed by atoms with Crippen molar-refractivity contribution >= 4 is 17.1 Å². The molecule has 1 atom stereocenters. The molecule has 0 bridgehead atoms. The average molecular weight is 148 g/mol. The summed E-state index contributed by atoms with van der Waals surface area (Å²) in [5.74, 6) is -0.297. The van der Waals surface area contributed by atoms with Gasteiger partial charge in [0.25, 0.3) is 0 Å². The van der Waals surface area contributed by atoms with E-state index < -0.39 is 6.17 Å². The lowest BCUT2D eigenvalue weighted by Crippen LogP contribution is -2.14. The molecule has 1 rings (SSSR count). The molecule has 0 aliphatic heterocycles. The van der Waals surface area contributed by atoms with Crippen LogP contribution in [-0.4, -0.2) is 11.0 Å². The summed E-state index contributed by atoms with van der Waals surface area (Å²) >= 11 is 4.51. The molecule has 50 valence electrons. The van der Waals surface area contributed by atoms with Gasteiger partial charge in [0.15, 0.2) is 0 Å². The van der Waals surface area contributed by atoms with Crippen LogP contribution in [0.25, 0.3) is 0 Å². The van der Waals surface area contributed by atoms with Crippen molar-refractivity contribution in [3.05, 3.63) is 11.9 Å². The van der Waals surface area contributed by atoms with Gasteiger partial charge in [-0.25, -0.2) is 8.78 Å². The van der Waals surface area contributed by atoms with Gasteiger partial charge in [-0.1, -0.05) is 12.2 Å². The molecule has 0 heterocycles. The summed E-state index contributed by atoms with van der Waals surface area (Å²) in [4.78, 5) is 0.0961. The summed E-state index contributed by atoms with van der Waals surface area (Å²) in [6.07, 6.45) is 0.408. The number of hydrogen-bond acceptors (Lipinski definition) is 1. The molecule has 0 saturated heterocycles. The van der Waals surface area contributed by atoms with Gasteiger partial charge in [-0.3, -0.25) is 0 Å². The Hall–Kier alpha value is -0.310. The highest BCUT2D eigenvalue weighted by Crippen LogP contribution is 2.19. The van der Waals surface area contributed by atoms with Crippen LogP contribution in [-0.2, 0) is 0 Å². The number of halogens is 2. The van der Waals surface area contributed by atoms with Gasteiger partial charge in [-0.2, -0.15) is 0 Å². The molecule has 0 N–H and O–H groups in total. The normalized spacial score (nSPS) is 28.0. The zero-order chi connectivity index (χ0) is 6.85. The molecule has 9 heavy (non-hydrogen) atoms. The second kappa shape index (κ2) is 2.52. The molecule has 1 unspecified atom stereocenters. The van der Waals surface area contributed by atoms with Crippen LogP contribution in [0.3, 0.4) is 0 Å². The van der Waals surface area contributed by atoms with Crippen molar-refractivity contribution in [3.8, 4) is 0 Å². The molecule has 0 amide bonds. The molecule has 1 aliphatic carbocycles. The highest BCUT2D eigenvalue weighted by atomic mass is 32.1. The predicted molar refractivity (Wildman–Crippen MR) is 35.9 cm³/mol. The lowest BCUT2D eigenvalue weighted by Gasteiger charge is -2.10. The first-order valence-corrected chi connectivity index (χ1v) is 3.15. The van der Waals surface area contributed by atoms with Gasteiger partial charge >= 0.3 is 0 Å². The molecule has 0 radical (unpaired) electrons. The molecule has 1 aliphatic rings. The van der Waals surface area contributed by atoms with Gasteiger partial charge < -0.3 is 0 Å². The summed E-state index contributed by atoms with van der Waals surface area (Å²) in [7, 11) is 0. The number of alkyl halides is 1. The SMILES string of the molecule is FC1=CC(=S)C(F)CC1. The minimum absolute atomic E-state index is 0.0961. The molecule has 3 heteroatoms. The summed E-state index contributed by atoms with van der Waals surface area (Å²) in [5.41, 5.74) is 0. The van der Waals surface area contributed by atoms with E-state index in [0.29, 0.717) is 0 Å². The lowest BCUT2D eigenvalue weighted by atomic mass is 10.1. The number of thiocarbonyl (C=S) groups is 1. The first-order chi connectivity index (χ1) is 4.20. The first-order valence-electron chi connectivity index (χ1n) is 2.74. The van der Waals surface area contributed by atoms with Crippen LogP contribution in [0.5, 0.6) is 0 Å². The quantitative estimate of drug-likeness (QED) is 0.475. The maximum absolute atomic E-state index is 12.4. The fourth-order valence-corrected chi connectivity index (χ4v) is 0.970. The van der Waals surface area contributed by atoms with Crippen molar-refractivity contribution in [1.29, 1.82) is 0 Å². The Kier molecular flexibility index (Phi) is 1.90. The van der Waals surface area contributed by atoms with Crippen LogP contribution in [0, 0.1) is 0 Å². The highest BCUT2D eigenvalue weighted by Gasteiger charge is 2.17. The molecule has 0 aromatic rings. The molecule has 0 saturated carbocycles. The monoisotopic (exact) mass is 148 g/mol. The molecule has 0 aromatic heterocycles. The van der Waals surface area contributed by atoms with E-state index in [2.05, 4.69) is 12.2 Å². The van der Waals surface area contributed by atoms with Crippen molar-refractivity contribution in [2.24, 2.45) is 0 Å². The van der Waals surface area contributed by atoms with Crippen LogP contribution in [0.15, 0.2) is 11.9 Å². The highest BCUT2D eigenvalue weighted by molar-refractivity contribution is 7.80. The van der Waals surface area contributed by atoms with Crippen molar-refractivity contribution in [3.63, 3.8) is 0 Å². The van der Waals surface area contributed by atoms with E-state index >= 15 is 0 Å². The van der Waals surface area contributed by atoms with Gasteiger partial charge in [0, 0.05) is 6.42 Å². The molecule has 0 spiro atoms. The van der Waals surface area contributed by atoms with E-state index in [1.807, 2.05) is 0 Å². The van der Waals surface area contributed by atoms with Gasteiger partial charge in [0.05, 0.1) is 4.86 Å². The lowest BCUT2D eigenvalue weighted by molar-refractivity contribution is 0.385. The second-order valence-electron chi connectivity index (χ2n) is 2.00.